The van der Waals surface area contributed by atoms with E-state index in [1.165, 1.54) is 0 Å². The molecular formula is C8H13N3O2. The van der Waals surface area contributed by atoms with Crippen LogP contribution in [-0.2, 0) is 17.6 Å². The van der Waals surface area contributed by atoms with Crippen molar-refractivity contribution in [3.8, 4) is 0 Å². The number of carboxylic acids is 1. The van der Waals surface area contributed by atoms with Crippen molar-refractivity contribution in [1.29, 1.82) is 0 Å². The minimum atomic E-state index is -0.891. The molecule has 1 rings (SSSR count). The summed E-state index contributed by atoms with van der Waals surface area (Å²) in [6.07, 6.45) is 2.85. The second-order valence-electron chi connectivity index (χ2n) is 2.87. The number of aliphatic carboxylic acids is 1. The lowest BCUT2D eigenvalue weighted by molar-refractivity contribution is -0.136. The number of nitrogens with zero attached hydrogens (tertiary/aromatic N) is 2. The fraction of sp³-hybridized carbons (Fsp3) is 0.625. The zero-order valence-electron chi connectivity index (χ0n) is 7.58. The third-order valence-electron chi connectivity index (χ3n) is 1.65. The Kier molecular flexibility index (Phi) is 3.42. The predicted molar refractivity (Wildman–Crippen MR) is 46.3 cm³/mol. The number of nitrogens with one attached hydrogen (secondary N) is 1. The van der Waals surface area contributed by atoms with Gasteiger partial charge in [-0.3, -0.25) is 9.89 Å². The molecule has 5 heteroatoms. The first-order chi connectivity index (χ1) is 6.22. The first-order valence-electron chi connectivity index (χ1n) is 4.34. The Morgan fingerprint density at radius 1 is 1.62 bits per heavy atom. The number of aromatic nitrogens is 3. The minimum absolute atomic E-state index is 0.0842. The average Bonchev–Trinajstić information content (AvgIpc) is 2.48. The molecule has 0 bridgehead atoms. The largest absolute Gasteiger partial charge is 0.481 e. The molecule has 5 nitrogen and oxygen atoms in total. The molecule has 0 amide bonds. The summed E-state index contributed by atoms with van der Waals surface area (Å²) < 4.78 is 0. The highest BCUT2D eigenvalue weighted by Crippen LogP contribution is 1.99. The van der Waals surface area contributed by atoms with Crippen molar-refractivity contribution in [2.24, 2.45) is 0 Å². The Bertz CT molecular complexity index is 283. The molecule has 0 radical (unpaired) electrons. The van der Waals surface area contributed by atoms with Crippen molar-refractivity contribution in [1.82, 2.24) is 15.2 Å². The molecule has 0 atom stereocenters. The summed E-state index contributed by atoms with van der Waals surface area (Å²) >= 11 is 0. The standard InChI is InChI=1S/C8H13N3O2/c1-2-3-4-6-9-7(11-10-6)5-8(12)13/h2-5H2,1H3,(H,12,13)(H,9,10,11). The molecule has 0 saturated carbocycles. The van der Waals surface area contributed by atoms with Crippen LogP contribution < -0.4 is 0 Å². The Labute approximate surface area is 76.2 Å². The van der Waals surface area contributed by atoms with Gasteiger partial charge in [0.1, 0.15) is 12.2 Å². The Balaban J connectivity index is 2.48. The van der Waals surface area contributed by atoms with Crippen molar-refractivity contribution >= 4 is 5.97 Å². The van der Waals surface area contributed by atoms with Gasteiger partial charge >= 0.3 is 5.97 Å². The molecule has 0 aliphatic rings. The van der Waals surface area contributed by atoms with Crippen molar-refractivity contribution in [2.45, 2.75) is 32.6 Å². The van der Waals surface area contributed by atoms with Gasteiger partial charge in [-0.15, -0.1) is 0 Å². The number of hydrogen-bond donors (Lipinski definition) is 2. The summed E-state index contributed by atoms with van der Waals surface area (Å²) in [4.78, 5) is 14.3. The van der Waals surface area contributed by atoms with Crippen LogP contribution in [0.3, 0.4) is 0 Å². The smallest absolute Gasteiger partial charge is 0.311 e. The highest BCUT2D eigenvalue weighted by molar-refractivity contribution is 5.68. The van der Waals surface area contributed by atoms with Crippen molar-refractivity contribution in [2.75, 3.05) is 0 Å². The van der Waals surface area contributed by atoms with E-state index in [0.29, 0.717) is 11.6 Å². The molecule has 72 valence electrons. The molecular weight excluding hydrogens is 170 g/mol. The summed E-state index contributed by atoms with van der Waals surface area (Å²) in [6.45, 7) is 2.09. The van der Waals surface area contributed by atoms with E-state index in [1.807, 2.05) is 0 Å². The molecule has 1 heterocycles. The zero-order chi connectivity index (χ0) is 9.68. The monoisotopic (exact) mass is 183 g/mol. The highest BCUT2D eigenvalue weighted by atomic mass is 16.4. The third-order valence-corrected chi connectivity index (χ3v) is 1.65. The average molecular weight is 183 g/mol. The number of rotatable bonds is 5. The summed E-state index contributed by atoms with van der Waals surface area (Å²) in [6, 6.07) is 0. The number of carboxylic acid groups (broad SMARTS) is 1. The fourth-order valence-electron chi connectivity index (χ4n) is 1.00. The Morgan fingerprint density at radius 2 is 2.38 bits per heavy atom. The van der Waals surface area contributed by atoms with E-state index in [4.69, 9.17) is 5.11 Å². The van der Waals surface area contributed by atoms with Crippen LogP contribution in [0.4, 0.5) is 0 Å². The van der Waals surface area contributed by atoms with Crippen molar-refractivity contribution in [3.05, 3.63) is 11.6 Å². The predicted octanol–water partition coefficient (Wildman–Crippen LogP) is 0.774. The fourth-order valence-corrected chi connectivity index (χ4v) is 1.00. The first-order valence-corrected chi connectivity index (χ1v) is 4.34. The third kappa shape index (κ3) is 3.23. The van der Waals surface area contributed by atoms with Gasteiger partial charge in [0.15, 0.2) is 5.82 Å². The maximum absolute atomic E-state index is 10.3. The van der Waals surface area contributed by atoms with Crippen LogP contribution in [0.2, 0.25) is 0 Å². The number of aryl methyl sites for hydroxylation is 1. The molecule has 0 aliphatic heterocycles. The van der Waals surface area contributed by atoms with Gasteiger partial charge in [0, 0.05) is 6.42 Å². The molecule has 0 aromatic carbocycles. The molecule has 0 unspecified atom stereocenters. The summed E-state index contributed by atoms with van der Waals surface area (Å²) in [5.41, 5.74) is 0. The topological polar surface area (TPSA) is 78.9 Å². The van der Waals surface area contributed by atoms with Gasteiger partial charge in [-0.1, -0.05) is 13.3 Å². The number of hydrogen-bond acceptors (Lipinski definition) is 3. The summed E-state index contributed by atoms with van der Waals surface area (Å²) in [5, 5.41) is 15.0. The van der Waals surface area contributed by atoms with Crippen LogP contribution in [0.1, 0.15) is 31.4 Å². The van der Waals surface area contributed by atoms with Crippen LogP contribution in [0, 0.1) is 0 Å². The van der Waals surface area contributed by atoms with E-state index < -0.39 is 5.97 Å². The molecule has 0 spiro atoms. The Hall–Kier alpha value is -1.39. The van der Waals surface area contributed by atoms with Gasteiger partial charge in [-0.05, 0) is 6.42 Å². The first kappa shape index (κ1) is 9.70. The number of carbonyl (C=O) groups is 1. The van der Waals surface area contributed by atoms with Crippen LogP contribution in [0.5, 0.6) is 0 Å². The molecule has 13 heavy (non-hydrogen) atoms. The van der Waals surface area contributed by atoms with E-state index in [1.54, 1.807) is 0 Å². The SMILES string of the molecule is CCCCc1n[nH]c(CC(=O)O)n1. The van der Waals surface area contributed by atoms with Gasteiger partial charge in [0.2, 0.25) is 0 Å². The van der Waals surface area contributed by atoms with Gasteiger partial charge in [0.05, 0.1) is 0 Å². The molecule has 2 N–H and O–H groups in total. The van der Waals surface area contributed by atoms with E-state index >= 15 is 0 Å². The van der Waals surface area contributed by atoms with Crippen LogP contribution in [-0.4, -0.2) is 26.3 Å². The summed E-state index contributed by atoms with van der Waals surface area (Å²) in [5.74, 6) is 0.245. The van der Waals surface area contributed by atoms with Crippen LogP contribution in [0.15, 0.2) is 0 Å². The van der Waals surface area contributed by atoms with E-state index in [2.05, 4.69) is 22.1 Å². The number of unbranched alkanes of at least 4 members (excludes halogenated alkanes) is 1. The van der Waals surface area contributed by atoms with Crippen LogP contribution >= 0.6 is 0 Å². The minimum Gasteiger partial charge on any atom is -0.481 e. The second kappa shape index (κ2) is 4.59. The van der Waals surface area contributed by atoms with E-state index in [-0.39, 0.29) is 6.42 Å². The van der Waals surface area contributed by atoms with Crippen molar-refractivity contribution < 1.29 is 9.90 Å². The molecule has 1 aromatic heterocycles. The van der Waals surface area contributed by atoms with Gasteiger partial charge in [0.25, 0.3) is 0 Å². The quantitative estimate of drug-likeness (QED) is 0.706. The maximum Gasteiger partial charge on any atom is 0.311 e. The maximum atomic E-state index is 10.3. The second-order valence-corrected chi connectivity index (χ2v) is 2.87. The lowest BCUT2D eigenvalue weighted by Crippen LogP contribution is -2.01. The highest BCUT2D eigenvalue weighted by Gasteiger charge is 2.05. The lowest BCUT2D eigenvalue weighted by atomic mass is 10.2. The molecule has 0 saturated heterocycles. The molecule has 0 aliphatic carbocycles. The number of H-pyrrole nitrogens is 1. The van der Waals surface area contributed by atoms with Crippen molar-refractivity contribution in [3.63, 3.8) is 0 Å². The zero-order valence-corrected chi connectivity index (χ0v) is 7.58. The van der Waals surface area contributed by atoms with Crippen LogP contribution in [0.25, 0.3) is 0 Å². The lowest BCUT2D eigenvalue weighted by Gasteiger charge is -1.89. The normalized spacial score (nSPS) is 10.2. The molecule has 1 aromatic rings. The summed E-state index contributed by atoms with van der Waals surface area (Å²) in [7, 11) is 0. The van der Waals surface area contributed by atoms with E-state index in [0.717, 1.165) is 19.3 Å². The molecule has 0 fully saturated rings. The van der Waals surface area contributed by atoms with E-state index in [9.17, 15) is 4.79 Å². The van der Waals surface area contributed by atoms with Gasteiger partial charge < -0.3 is 5.11 Å². The van der Waals surface area contributed by atoms with Gasteiger partial charge in [-0.2, -0.15) is 5.10 Å². The Morgan fingerprint density at radius 3 is 3.00 bits per heavy atom. The number of aromatic amines is 1. The van der Waals surface area contributed by atoms with Gasteiger partial charge in [-0.25, -0.2) is 4.98 Å².